The average molecular weight is 387 g/mol. The van der Waals surface area contributed by atoms with Crippen LogP contribution in [-0.4, -0.2) is 48.3 Å². The summed E-state index contributed by atoms with van der Waals surface area (Å²) in [6.07, 6.45) is 4.11. The maximum absolute atomic E-state index is 6.36. The van der Waals surface area contributed by atoms with Crippen LogP contribution in [0.25, 0.3) is 0 Å². The van der Waals surface area contributed by atoms with Crippen LogP contribution in [0.5, 0.6) is 0 Å². The highest BCUT2D eigenvalue weighted by molar-refractivity contribution is 6.02. The summed E-state index contributed by atoms with van der Waals surface area (Å²) in [6, 6.07) is 17.0. The van der Waals surface area contributed by atoms with E-state index in [2.05, 4.69) is 63.8 Å². The molecule has 1 spiro atoms. The van der Waals surface area contributed by atoms with Gasteiger partial charge < -0.3 is 15.0 Å². The first-order chi connectivity index (χ1) is 14.2. The van der Waals surface area contributed by atoms with Gasteiger partial charge in [0.15, 0.2) is 0 Å². The first kappa shape index (κ1) is 17.0. The molecule has 0 radical (unpaired) electrons. The van der Waals surface area contributed by atoms with E-state index in [4.69, 9.17) is 9.73 Å². The zero-order valence-corrected chi connectivity index (χ0v) is 16.6. The fourth-order valence-electron chi connectivity index (χ4n) is 5.18. The second-order valence-corrected chi connectivity index (χ2v) is 8.37. The maximum atomic E-state index is 6.36. The van der Waals surface area contributed by atoms with E-state index in [-0.39, 0.29) is 17.7 Å². The molecule has 6 heteroatoms. The van der Waals surface area contributed by atoms with Crippen molar-refractivity contribution in [3.63, 3.8) is 0 Å². The van der Waals surface area contributed by atoms with Crippen molar-refractivity contribution < 1.29 is 4.74 Å². The lowest BCUT2D eigenvalue weighted by molar-refractivity contribution is -0.0708. The fourth-order valence-corrected chi connectivity index (χ4v) is 5.18. The number of hydrogen-bond acceptors (Lipinski definition) is 6. The minimum atomic E-state index is -0.130. The molecule has 1 saturated heterocycles. The molecule has 2 atom stereocenters. The Morgan fingerprint density at radius 1 is 1.07 bits per heavy atom. The van der Waals surface area contributed by atoms with Crippen molar-refractivity contribution >= 4 is 23.4 Å². The number of piperidine rings is 1. The summed E-state index contributed by atoms with van der Waals surface area (Å²) in [7, 11) is 2.02. The van der Waals surface area contributed by atoms with Crippen LogP contribution in [0.3, 0.4) is 0 Å². The van der Waals surface area contributed by atoms with Crippen LogP contribution in [0.1, 0.15) is 24.0 Å². The van der Waals surface area contributed by atoms with Gasteiger partial charge in [-0.25, -0.2) is 4.99 Å². The lowest BCUT2D eigenvalue weighted by atomic mass is 9.83. The van der Waals surface area contributed by atoms with Gasteiger partial charge in [-0.2, -0.15) is 5.10 Å². The van der Waals surface area contributed by atoms with Crippen LogP contribution in [-0.2, 0) is 16.9 Å². The number of benzene rings is 2. The number of para-hydroxylation sites is 2. The summed E-state index contributed by atoms with van der Waals surface area (Å²) < 4.78 is 6.36. The Kier molecular flexibility index (Phi) is 3.71. The first-order valence-corrected chi connectivity index (χ1v) is 10.4. The predicted octanol–water partition coefficient (Wildman–Crippen LogP) is 3.54. The molecular weight excluding hydrogens is 362 g/mol. The van der Waals surface area contributed by atoms with E-state index in [1.54, 1.807) is 0 Å². The van der Waals surface area contributed by atoms with Gasteiger partial charge in [0.05, 0.1) is 29.5 Å². The maximum Gasteiger partial charge on any atom is 0.130 e. The van der Waals surface area contributed by atoms with E-state index < -0.39 is 0 Å². The minimum absolute atomic E-state index is 0.0942. The Morgan fingerprint density at radius 3 is 2.76 bits per heavy atom. The number of likely N-dealkylation sites (tertiary alicyclic amines) is 1. The van der Waals surface area contributed by atoms with Gasteiger partial charge in [0.2, 0.25) is 0 Å². The van der Waals surface area contributed by atoms with Gasteiger partial charge in [-0.1, -0.05) is 36.4 Å². The molecule has 6 nitrogen and oxygen atoms in total. The number of nitrogens with one attached hydrogen (secondary N) is 1. The van der Waals surface area contributed by atoms with Crippen LogP contribution in [0.4, 0.5) is 11.4 Å². The molecule has 2 aromatic carbocycles. The van der Waals surface area contributed by atoms with Gasteiger partial charge in [-0.3, -0.25) is 5.01 Å². The molecule has 0 bridgehead atoms. The van der Waals surface area contributed by atoms with E-state index in [0.717, 1.165) is 49.7 Å². The Bertz CT molecular complexity index is 1010. The number of amidine groups is 1. The van der Waals surface area contributed by atoms with Gasteiger partial charge in [0.1, 0.15) is 12.0 Å². The molecule has 4 aliphatic heterocycles. The first-order valence-electron chi connectivity index (χ1n) is 10.4. The van der Waals surface area contributed by atoms with Gasteiger partial charge in [-0.15, -0.1) is 0 Å². The number of hydrazone groups is 1. The highest BCUT2D eigenvalue weighted by Gasteiger charge is 2.45. The Balaban J connectivity index is 1.31. The van der Waals surface area contributed by atoms with Crippen molar-refractivity contribution in [2.75, 3.05) is 25.5 Å². The SMILES string of the molecule is CN1N=CC2C(N3CCC4(CC3)OCc3ccccc34)=Nc3ccccc3NC21. The van der Waals surface area contributed by atoms with Gasteiger partial charge >= 0.3 is 0 Å². The summed E-state index contributed by atoms with van der Waals surface area (Å²) in [5, 5.41) is 10.2. The smallest absolute Gasteiger partial charge is 0.130 e. The van der Waals surface area contributed by atoms with Crippen LogP contribution < -0.4 is 5.32 Å². The lowest BCUT2D eigenvalue weighted by Crippen LogP contribution is -2.50. The van der Waals surface area contributed by atoms with E-state index in [9.17, 15) is 0 Å². The number of ether oxygens (including phenoxy) is 1. The molecule has 148 valence electrons. The second-order valence-electron chi connectivity index (χ2n) is 8.37. The monoisotopic (exact) mass is 387 g/mol. The zero-order chi connectivity index (χ0) is 19.4. The van der Waals surface area contributed by atoms with Gasteiger partial charge in [0.25, 0.3) is 0 Å². The molecular formula is C23H25N5O. The Labute approximate surface area is 170 Å². The van der Waals surface area contributed by atoms with Crippen LogP contribution >= 0.6 is 0 Å². The number of fused-ring (bicyclic) bond motifs is 4. The molecule has 2 unspecified atom stereocenters. The third-order valence-electron chi connectivity index (χ3n) is 6.80. The van der Waals surface area contributed by atoms with Crippen molar-refractivity contribution in [1.29, 1.82) is 0 Å². The molecule has 1 N–H and O–H groups in total. The van der Waals surface area contributed by atoms with Crippen LogP contribution in [0, 0.1) is 5.92 Å². The van der Waals surface area contributed by atoms with Crippen molar-refractivity contribution in [3.05, 3.63) is 59.7 Å². The topological polar surface area (TPSA) is 52.5 Å². The highest BCUT2D eigenvalue weighted by Crippen LogP contribution is 2.44. The molecule has 0 aliphatic carbocycles. The Morgan fingerprint density at radius 2 is 1.86 bits per heavy atom. The van der Waals surface area contributed by atoms with E-state index in [1.807, 2.05) is 18.3 Å². The third-order valence-corrected chi connectivity index (χ3v) is 6.80. The van der Waals surface area contributed by atoms with E-state index in [1.165, 1.54) is 11.1 Å². The Hall–Kier alpha value is -2.86. The molecule has 0 amide bonds. The molecule has 29 heavy (non-hydrogen) atoms. The standard InChI is InChI=1S/C23H25N5O/c1-27-21-17(14-24-27)22(26-20-9-5-4-8-19(20)25-21)28-12-10-23(11-13-28)18-7-3-2-6-16(18)15-29-23/h2-9,14,17,21,25H,10-13,15H2,1H3. The van der Waals surface area contributed by atoms with Crippen molar-refractivity contribution in [2.24, 2.45) is 16.0 Å². The molecule has 0 aromatic heterocycles. The molecule has 1 fully saturated rings. The van der Waals surface area contributed by atoms with Crippen molar-refractivity contribution in [1.82, 2.24) is 9.91 Å². The summed E-state index contributed by atoms with van der Waals surface area (Å²) in [5.41, 5.74) is 4.66. The normalized spacial score (nSPS) is 26.4. The largest absolute Gasteiger partial charge is 0.365 e. The zero-order valence-electron chi connectivity index (χ0n) is 16.6. The van der Waals surface area contributed by atoms with Gasteiger partial charge in [0, 0.05) is 26.4 Å². The van der Waals surface area contributed by atoms with Crippen molar-refractivity contribution in [3.8, 4) is 0 Å². The summed E-state index contributed by atoms with van der Waals surface area (Å²) in [5.74, 6) is 1.25. The molecule has 4 heterocycles. The van der Waals surface area contributed by atoms with Crippen LogP contribution in [0.15, 0.2) is 58.6 Å². The molecule has 2 aromatic rings. The van der Waals surface area contributed by atoms with E-state index >= 15 is 0 Å². The highest BCUT2D eigenvalue weighted by atomic mass is 16.5. The third kappa shape index (κ3) is 2.59. The van der Waals surface area contributed by atoms with Crippen molar-refractivity contribution in [2.45, 2.75) is 31.2 Å². The number of anilines is 1. The number of nitrogens with zero attached hydrogens (tertiary/aromatic N) is 4. The molecule has 6 rings (SSSR count). The van der Waals surface area contributed by atoms with E-state index in [0.29, 0.717) is 0 Å². The predicted molar refractivity (Wildman–Crippen MR) is 114 cm³/mol. The summed E-state index contributed by atoms with van der Waals surface area (Å²) >= 11 is 0. The summed E-state index contributed by atoms with van der Waals surface area (Å²) in [4.78, 5) is 7.57. The number of aliphatic imine (C=N–C) groups is 1. The van der Waals surface area contributed by atoms with Gasteiger partial charge in [-0.05, 0) is 36.1 Å². The fraction of sp³-hybridized carbons (Fsp3) is 0.391. The number of hydrogen-bond donors (Lipinski definition) is 1. The molecule has 4 aliphatic rings. The number of rotatable bonds is 0. The summed E-state index contributed by atoms with van der Waals surface area (Å²) in [6.45, 7) is 2.61. The average Bonchev–Trinajstić information content (AvgIpc) is 3.24. The quantitative estimate of drug-likeness (QED) is 0.751. The lowest BCUT2D eigenvalue weighted by Gasteiger charge is -2.41. The van der Waals surface area contributed by atoms with Crippen LogP contribution in [0.2, 0.25) is 0 Å². The minimum Gasteiger partial charge on any atom is -0.365 e. The second kappa shape index (κ2) is 6.32. The molecule has 0 saturated carbocycles.